The predicted molar refractivity (Wildman–Crippen MR) is 77.0 cm³/mol. The Morgan fingerprint density at radius 1 is 1.05 bits per heavy atom. The molecular formula is C15H20F3N3O. The molecule has 0 aliphatic carbocycles. The van der Waals surface area contributed by atoms with Gasteiger partial charge in [-0.2, -0.15) is 0 Å². The minimum Gasteiger partial charge on any atom is -0.404 e. The second kappa shape index (κ2) is 6.32. The molecule has 7 heteroatoms. The van der Waals surface area contributed by atoms with E-state index in [1.165, 1.54) is 32.0 Å². The highest BCUT2D eigenvalue weighted by molar-refractivity contribution is 5.41. The maximum atomic E-state index is 12.1. The molecule has 22 heavy (non-hydrogen) atoms. The second-order valence-electron chi connectivity index (χ2n) is 5.86. The first-order valence-electron chi connectivity index (χ1n) is 7.72. The molecule has 0 amide bonds. The molecule has 0 atom stereocenters. The summed E-state index contributed by atoms with van der Waals surface area (Å²) in [6.45, 7) is 4.19. The largest absolute Gasteiger partial charge is 0.573 e. The van der Waals surface area contributed by atoms with Crippen molar-refractivity contribution in [3.8, 4) is 5.75 Å². The number of likely N-dealkylation sites (tertiary alicyclic amines) is 1. The molecule has 2 aliphatic heterocycles. The highest BCUT2D eigenvalue weighted by Crippen LogP contribution is 2.26. The molecule has 0 spiro atoms. The third kappa shape index (κ3) is 3.82. The van der Waals surface area contributed by atoms with Crippen molar-refractivity contribution in [1.29, 1.82) is 0 Å². The number of aromatic nitrogens is 1. The van der Waals surface area contributed by atoms with E-state index >= 15 is 0 Å². The van der Waals surface area contributed by atoms with Gasteiger partial charge in [-0.25, -0.2) is 4.98 Å². The lowest BCUT2D eigenvalue weighted by Crippen LogP contribution is -2.44. The Morgan fingerprint density at radius 2 is 1.73 bits per heavy atom. The van der Waals surface area contributed by atoms with Gasteiger partial charge in [-0.3, -0.25) is 0 Å². The fourth-order valence-corrected chi connectivity index (χ4v) is 3.32. The average Bonchev–Trinajstić information content (AvgIpc) is 3.01. The van der Waals surface area contributed by atoms with Crippen LogP contribution in [0.15, 0.2) is 18.3 Å². The van der Waals surface area contributed by atoms with Crippen molar-refractivity contribution in [2.24, 2.45) is 0 Å². The van der Waals surface area contributed by atoms with Crippen LogP contribution in [-0.4, -0.2) is 48.5 Å². The number of hydrogen-bond donors (Lipinski definition) is 0. The highest BCUT2D eigenvalue weighted by Gasteiger charge is 2.31. The number of alkyl halides is 3. The lowest BCUT2D eigenvalue weighted by atomic mass is 10.0. The SMILES string of the molecule is FC(F)(F)Oc1ccc(N2CCC(N3CCCC3)CC2)nc1. The average molecular weight is 315 g/mol. The summed E-state index contributed by atoms with van der Waals surface area (Å²) in [7, 11) is 0. The Balaban J connectivity index is 1.54. The van der Waals surface area contributed by atoms with E-state index in [1.807, 2.05) is 0 Å². The number of nitrogens with zero attached hydrogens (tertiary/aromatic N) is 3. The van der Waals surface area contributed by atoms with Crippen LogP contribution in [0.5, 0.6) is 5.75 Å². The van der Waals surface area contributed by atoms with Crippen molar-refractivity contribution < 1.29 is 17.9 Å². The van der Waals surface area contributed by atoms with Gasteiger partial charge in [0.15, 0.2) is 0 Å². The summed E-state index contributed by atoms with van der Waals surface area (Å²) in [5.41, 5.74) is 0. The number of ether oxygens (including phenoxy) is 1. The summed E-state index contributed by atoms with van der Waals surface area (Å²) < 4.78 is 40.2. The Kier molecular flexibility index (Phi) is 4.42. The maximum absolute atomic E-state index is 12.1. The van der Waals surface area contributed by atoms with Crippen LogP contribution in [0.1, 0.15) is 25.7 Å². The molecule has 3 heterocycles. The van der Waals surface area contributed by atoms with Gasteiger partial charge < -0.3 is 14.5 Å². The first-order valence-corrected chi connectivity index (χ1v) is 7.72. The van der Waals surface area contributed by atoms with Gasteiger partial charge in [0.25, 0.3) is 0 Å². The van der Waals surface area contributed by atoms with Crippen LogP contribution in [0.3, 0.4) is 0 Å². The summed E-state index contributed by atoms with van der Waals surface area (Å²) >= 11 is 0. The molecule has 0 aromatic carbocycles. The molecule has 2 aliphatic rings. The van der Waals surface area contributed by atoms with Crippen LogP contribution < -0.4 is 9.64 Å². The van der Waals surface area contributed by atoms with Gasteiger partial charge in [-0.1, -0.05) is 0 Å². The van der Waals surface area contributed by atoms with Gasteiger partial charge in [0.1, 0.15) is 11.6 Å². The van der Waals surface area contributed by atoms with Gasteiger partial charge in [0, 0.05) is 19.1 Å². The Labute approximate surface area is 127 Å². The van der Waals surface area contributed by atoms with Gasteiger partial charge in [-0.05, 0) is 50.9 Å². The molecule has 1 aromatic rings. The molecular weight excluding hydrogens is 295 g/mol. The molecule has 0 N–H and O–H groups in total. The van der Waals surface area contributed by atoms with E-state index < -0.39 is 6.36 Å². The fourth-order valence-electron chi connectivity index (χ4n) is 3.32. The van der Waals surface area contributed by atoms with Crippen LogP contribution >= 0.6 is 0 Å². The molecule has 4 nitrogen and oxygen atoms in total. The number of anilines is 1. The molecule has 1 aromatic heterocycles. The van der Waals surface area contributed by atoms with E-state index in [0.717, 1.165) is 37.9 Å². The predicted octanol–water partition coefficient (Wildman–Crippen LogP) is 3.04. The summed E-state index contributed by atoms with van der Waals surface area (Å²) in [5, 5.41) is 0. The summed E-state index contributed by atoms with van der Waals surface area (Å²) in [4.78, 5) is 8.79. The van der Waals surface area contributed by atoms with E-state index in [-0.39, 0.29) is 5.75 Å². The molecule has 0 saturated carbocycles. The van der Waals surface area contributed by atoms with Crippen molar-refractivity contribution in [1.82, 2.24) is 9.88 Å². The number of halogens is 3. The smallest absolute Gasteiger partial charge is 0.404 e. The third-order valence-electron chi connectivity index (χ3n) is 4.40. The second-order valence-corrected chi connectivity index (χ2v) is 5.86. The summed E-state index contributed by atoms with van der Waals surface area (Å²) in [6, 6.07) is 3.56. The number of rotatable bonds is 3. The minimum absolute atomic E-state index is 0.275. The Bertz CT molecular complexity index is 478. The van der Waals surface area contributed by atoms with Crippen LogP contribution in [0.4, 0.5) is 19.0 Å². The monoisotopic (exact) mass is 315 g/mol. The van der Waals surface area contributed by atoms with Crippen molar-refractivity contribution in [3.05, 3.63) is 18.3 Å². The van der Waals surface area contributed by atoms with Crippen LogP contribution in [0.25, 0.3) is 0 Å². The van der Waals surface area contributed by atoms with Gasteiger partial charge in [-0.15, -0.1) is 13.2 Å². The summed E-state index contributed by atoms with van der Waals surface area (Å²) in [6.07, 6.45) is 1.22. The van der Waals surface area contributed by atoms with E-state index in [1.54, 1.807) is 6.07 Å². The zero-order valence-electron chi connectivity index (χ0n) is 12.4. The van der Waals surface area contributed by atoms with Gasteiger partial charge in [0.2, 0.25) is 0 Å². The van der Waals surface area contributed by atoms with Crippen LogP contribution in [0, 0.1) is 0 Å². The van der Waals surface area contributed by atoms with Crippen molar-refractivity contribution in [2.75, 3.05) is 31.1 Å². The normalized spacial score (nSPS) is 21.3. The number of piperidine rings is 1. The topological polar surface area (TPSA) is 28.6 Å². The van der Waals surface area contributed by atoms with Crippen LogP contribution in [0.2, 0.25) is 0 Å². The van der Waals surface area contributed by atoms with E-state index in [2.05, 4.69) is 19.5 Å². The molecule has 2 saturated heterocycles. The first-order chi connectivity index (χ1) is 10.5. The Hall–Kier alpha value is -1.50. The quantitative estimate of drug-likeness (QED) is 0.857. The zero-order chi connectivity index (χ0) is 15.6. The molecule has 0 radical (unpaired) electrons. The lowest BCUT2D eigenvalue weighted by Gasteiger charge is -2.37. The van der Waals surface area contributed by atoms with Gasteiger partial charge in [0.05, 0.1) is 6.20 Å². The molecule has 2 fully saturated rings. The third-order valence-corrected chi connectivity index (χ3v) is 4.40. The van der Waals surface area contributed by atoms with Gasteiger partial charge >= 0.3 is 6.36 Å². The number of pyridine rings is 1. The zero-order valence-corrected chi connectivity index (χ0v) is 12.4. The standard InChI is InChI=1S/C15H20F3N3O/c16-15(17,18)22-13-3-4-14(19-11-13)21-9-5-12(6-10-21)20-7-1-2-8-20/h3-4,11-12H,1-2,5-10H2. The molecule has 122 valence electrons. The first kappa shape index (κ1) is 15.4. The van der Waals surface area contributed by atoms with E-state index in [9.17, 15) is 13.2 Å². The van der Waals surface area contributed by atoms with Crippen molar-refractivity contribution >= 4 is 5.82 Å². The summed E-state index contributed by atoms with van der Waals surface area (Å²) in [5.74, 6) is 0.442. The Morgan fingerprint density at radius 3 is 2.27 bits per heavy atom. The highest BCUT2D eigenvalue weighted by atomic mass is 19.4. The maximum Gasteiger partial charge on any atom is 0.573 e. The van der Waals surface area contributed by atoms with E-state index in [4.69, 9.17) is 0 Å². The fraction of sp³-hybridized carbons (Fsp3) is 0.667. The van der Waals surface area contributed by atoms with Crippen LogP contribution in [-0.2, 0) is 0 Å². The minimum atomic E-state index is -4.67. The molecule has 0 unspecified atom stereocenters. The van der Waals surface area contributed by atoms with E-state index in [0.29, 0.717) is 6.04 Å². The molecule has 3 rings (SSSR count). The lowest BCUT2D eigenvalue weighted by molar-refractivity contribution is -0.274. The van der Waals surface area contributed by atoms with Crippen molar-refractivity contribution in [2.45, 2.75) is 38.1 Å². The van der Waals surface area contributed by atoms with Crippen molar-refractivity contribution in [3.63, 3.8) is 0 Å². The molecule has 0 bridgehead atoms. The number of hydrogen-bond acceptors (Lipinski definition) is 4.